The molecule has 2 N–H and O–H groups in total. The number of nitrogens with zero attached hydrogens (tertiary/aromatic N) is 4. The molecular formula is C22H22FN5O2. The van der Waals surface area contributed by atoms with Gasteiger partial charge in [-0.05, 0) is 48.8 Å². The number of phenols is 1. The van der Waals surface area contributed by atoms with Crippen molar-refractivity contribution in [2.24, 2.45) is 0 Å². The third-order valence-electron chi connectivity index (χ3n) is 5.91. The fourth-order valence-electron chi connectivity index (χ4n) is 4.35. The second-order valence-corrected chi connectivity index (χ2v) is 7.73. The van der Waals surface area contributed by atoms with E-state index >= 15 is 0 Å². The predicted molar refractivity (Wildman–Crippen MR) is 110 cm³/mol. The molecule has 0 unspecified atom stereocenters. The minimum absolute atomic E-state index is 0.0425. The molecule has 2 fully saturated rings. The summed E-state index contributed by atoms with van der Waals surface area (Å²) >= 11 is 0. The van der Waals surface area contributed by atoms with Crippen LogP contribution in [0.15, 0.2) is 54.6 Å². The van der Waals surface area contributed by atoms with Crippen molar-refractivity contribution < 1.29 is 14.2 Å². The second kappa shape index (κ2) is 7.62. The van der Waals surface area contributed by atoms with Crippen LogP contribution in [-0.4, -0.2) is 56.3 Å². The number of rotatable bonds is 4. The van der Waals surface area contributed by atoms with E-state index in [1.807, 2.05) is 6.07 Å². The van der Waals surface area contributed by atoms with E-state index in [4.69, 9.17) is 4.74 Å². The number of imidazole rings is 1. The predicted octanol–water partition coefficient (Wildman–Crippen LogP) is 2.91. The third-order valence-corrected chi connectivity index (χ3v) is 5.91. The largest absolute Gasteiger partial charge is 0.507 e. The fourth-order valence-corrected chi connectivity index (χ4v) is 4.35. The maximum Gasteiger partial charge on any atom is 0.137 e. The number of nitrogens with one attached hydrogen (secondary N) is 1. The molecule has 30 heavy (non-hydrogen) atoms. The smallest absolute Gasteiger partial charge is 0.137 e. The van der Waals surface area contributed by atoms with E-state index in [-0.39, 0.29) is 23.9 Å². The Balaban J connectivity index is 1.37. The summed E-state index contributed by atoms with van der Waals surface area (Å²) in [6.07, 6.45) is 7.18. The molecule has 3 aromatic rings. The first-order valence-electron chi connectivity index (χ1n) is 9.91. The summed E-state index contributed by atoms with van der Waals surface area (Å²) in [5.74, 6) is 0.103. The molecule has 4 heterocycles. The van der Waals surface area contributed by atoms with E-state index in [0.29, 0.717) is 29.8 Å². The molecule has 1 aromatic carbocycles. The van der Waals surface area contributed by atoms with Gasteiger partial charge in [-0.3, -0.25) is 0 Å². The highest BCUT2D eigenvalue weighted by atomic mass is 19.1. The highest BCUT2D eigenvalue weighted by molar-refractivity contribution is 5.69. The molecule has 2 aliphatic rings. The van der Waals surface area contributed by atoms with Gasteiger partial charge in [0.15, 0.2) is 0 Å². The van der Waals surface area contributed by atoms with Crippen LogP contribution in [-0.2, 0) is 4.74 Å². The van der Waals surface area contributed by atoms with Gasteiger partial charge in [-0.1, -0.05) is 0 Å². The average Bonchev–Trinajstić information content (AvgIpc) is 3.41. The Morgan fingerprint density at radius 2 is 2.13 bits per heavy atom. The Morgan fingerprint density at radius 1 is 1.23 bits per heavy atom. The first-order chi connectivity index (χ1) is 14.6. The first-order valence-corrected chi connectivity index (χ1v) is 9.91. The van der Waals surface area contributed by atoms with E-state index in [0.717, 1.165) is 11.3 Å². The number of alkyl halides is 1. The molecule has 0 aliphatic carbocycles. The lowest BCUT2D eigenvalue weighted by molar-refractivity contribution is 0.0927. The van der Waals surface area contributed by atoms with Crippen LogP contribution >= 0.6 is 0 Å². The van der Waals surface area contributed by atoms with E-state index in [1.54, 1.807) is 60.7 Å². The molecule has 0 amide bonds. The lowest BCUT2D eigenvalue weighted by Crippen LogP contribution is -2.44. The van der Waals surface area contributed by atoms with Crippen LogP contribution in [0.4, 0.5) is 4.39 Å². The highest BCUT2D eigenvalue weighted by Crippen LogP contribution is 2.35. The fraction of sp³-hybridized carbons (Fsp3) is 0.318. The van der Waals surface area contributed by atoms with Crippen molar-refractivity contribution in [3.05, 3.63) is 60.3 Å². The normalized spacial score (nSPS) is 26.9. The highest BCUT2D eigenvalue weighted by Gasteiger charge is 2.44. The third kappa shape index (κ3) is 3.38. The lowest BCUT2D eigenvalue weighted by atomic mass is 9.96. The Hall–Kier alpha value is -3.10. The number of aromatic hydroxyl groups is 1. The van der Waals surface area contributed by atoms with Gasteiger partial charge in [0.1, 0.15) is 11.9 Å². The Kier molecular flexibility index (Phi) is 4.80. The number of aromatic nitrogens is 4. The van der Waals surface area contributed by atoms with E-state index in [1.165, 1.54) is 0 Å². The van der Waals surface area contributed by atoms with E-state index in [9.17, 15) is 9.50 Å². The molecule has 0 saturated carbocycles. The molecule has 7 nitrogen and oxygen atoms in total. The van der Waals surface area contributed by atoms with Crippen molar-refractivity contribution in [1.29, 1.82) is 0 Å². The molecule has 4 atom stereocenters. The van der Waals surface area contributed by atoms with Crippen LogP contribution in [0, 0.1) is 0 Å². The Bertz CT molecular complexity index is 1070. The minimum atomic E-state index is -1.05. The zero-order valence-electron chi connectivity index (χ0n) is 16.4. The molecule has 2 saturated heterocycles. The zero-order chi connectivity index (χ0) is 20.7. The summed E-state index contributed by atoms with van der Waals surface area (Å²) in [6, 6.07) is 8.82. The summed E-state index contributed by atoms with van der Waals surface area (Å²) in [7, 11) is 1.67. The molecule has 2 aromatic heterocycles. The summed E-state index contributed by atoms with van der Waals surface area (Å²) in [5, 5.41) is 22.2. The van der Waals surface area contributed by atoms with Crippen LogP contribution in [0.3, 0.4) is 0 Å². The first kappa shape index (κ1) is 18.9. The average molecular weight is 407 g/mol. The number of ether oxygens (including phenoxy) is 1. The van der Waals surface area contributed by atoms with Gasteiger partial charge < -0.3 is 19.7 Å². The number of methoxy groups -OCH3 is 1. The van der Waals surface area contributed by atoms with Gasteiger partial charge in [0.05, 0.1) is 29.5 Å². The Labute approximate surface area is 173 Å². The summed E-state index contributed by atoms with van der Waals surface area (Å²) < 4.78 is 22.1. The molecule has 2 aliphatic heterocycles. The van der Waals surface area contributed by atoms with Gasteiger partial charge in [0, 0.05) is 43.2 Å². The number of phenolic OH excluding ortho intramolecular Hbond substituents is 1. The summed E-state index contributed by atoms with van der Waals surface area (Å²) in [5.41, 5.74) is 3.25. The van der Waals surface area contributed by atoms with Gasteiger partial charge in [0.25, 0.3) is 0 Å². The maximum absolute atomic E-state index is 14.8. The van der Waals surface area contributed by atoms with Crippen molar-refractivity contribution >= 4 is 6.08 Å². The molecule has 0 radical (unpaired) electrons. The van der Waals surface area contributed by atoms with Gasteiger partial charge in [0.2, 0.25) is 0 Å². The van der Waals surface area contributed by atoms with Crippen molar-refractivity contribution in [1.82, 2.24) is 25.1 Å². The topological polar surface area (TPSA) is 85.1 Å². The van der Waals surface area contributed by atoms with Crippen molar-refractivity contribution in [2.75, 3.05) is 7.11 Å². The van der Waals surface area contributed by atoms with Crippen LogP contribution in [0.5, 0.6) is 5.75 Å². The maximum atomic E-state index is 14.8. The van der Waals surface area contributed by atoms with Gasteiger partial charge in [-0.2, -0.15) is 5.10 Å². The van der Waals surface area contributed by atoms with Gasteiger partial charge >= 0.3 is 0 Å². The molecule has 5 rings (SSSR count). The van der Waals surface area contributed by atoms with Crippen molar-refractivity contribution in [3.63, 3.8) is 0 Å². The SMILES string of the molecule is CO[C@@H]1C[C@@H]2N[C@H]1C/C(=C\c1ccc(-c3ccc(-n4ccnc4)cc3O)nn1)[C@@H]2F. The van der Waals surface area contributed by atoms with Gasteiger partial charge in [-0.25, -0.2) is 9.37 Å². The van der Waals surface area contributed by atoms with Crippen LogP contribution in [0.25, 0.3) is 23.0 Å². The van der Waals surface area contributed by atoms with Crippen LogP contribution in [0.2, 0.25) is 0 Å². The molecule has 2 bridgehead atoms. The van der Waals surface area contributed by atoms with Crippen molar-refractivity contribution in [3.8, 4) is 22.7 Å². The molecule has 0 spiro atoms. The molecular weight excluding hydrogens is 385 g/mol. The summed E-state index contributed by atoms with van der Waals surface area (Å²) in [4.78, 5) is 4.01. The quantitative estimate of drug-likeness (QED) is 0.692. The molecule has 154 valence electrons. The number of fused-ring (bicyclic) bond motifs is 2. The molecule has 8 heteroatoms. The number of piperidine rings is 1. The van der Waals surface area contributed by atoms with Gasteiger partial charge in [-0.15, -0.1) is 5.10 Å². The van der Waals surface area contributed by atoms with E-state index < -0.39 is 6.17 Å². The number of hydrogen-bond donors (Lipinski definition) is 2. The number of hydrogen-bond acceptors (Lipinski definition) is 6. The number of benzene rings is 1. The lowest BCUT2D eigenvalue weighted by Gasteiger charge is -2.28. The van der Waals surface area contributed by atoms with Crippen LogP contribution in [0.1, 0.15) is 18.5 Å². The number of halogens is 1. The standard InChI is InChI=1S/C22H22FN5O2/c1-30-21-11-19-22(23)13(9-18(21)25-19)8-14-2-5-17(27-26-14)16-4-3-15(10-20(16)29)28-7-6-24-12-28/h2-8,10,12,18-19,21-22,25,29H,9,11H2,1H3/b13-8+/t18-,19-,21+,22-/m0/s1. The zero-order valence-corrected chi connectivity index (χ0v) is 16.4. The van der Waals surface area contributed by atoms with Crippen molar-refractivity contribution in [2.45, 2.75) is 37.2 Å². The van der Waals surface area contributed by atoms with E-state index in [2.05, 4.69) is 20.5 Å². The summed E-state index contributed by atoms with van der Waals surface area (Å²) in [6.45, 7) is 0. The Morgan fingerprint density at radius 3 is 2.83 bits per heavy atom. The van der Waals surface area contributed by atoms with Crippen LogP contribution < -0.4 is 5.32 Å². The minimum Gasteiger partial charge on any atom is -0.507 e. The monoisotopic (exact) mass is 407 g/mol. The second-order valence-electron chi connectivity index (χ2n) is 7.73.